The molecule has 1 nitrogen and oxygen atoms in total. The van der Waals surface area contributed by atoms with E-state index in [1.165, 1.54) is 6.42 Å². The Bertz CT molecular complexity index is 666. The van der Waals surface area contributed by atoms with Crippen LogP contribution < -0.4 is 0 Å². The van der Waals surface area contributed by atoms with Crippen molar-refractivity contribution in [3.63, 3.8) is 0 Å². The van der Waals surface area contributed by atoms with Crippen molar-refractivity contribution < 1.29 is 4.79 Å². The van der Waals surface area contributed by atoms with E-state index >= 15 is 0 Å². The first-order valence-electron chi connectivity index (χ1n) is 6.95. The van der Waals surface area contributed by atoms with Gasteiger partial charge in [0.1, 0.15) is 0 Å². The molecule has 96 valence electrons. The fourth-order valence-electron chi connectivity index (χ4n) is 3.63. The molecule has 0 N–H and O–H groups in total. The smallest absolute Gasteiger partial charge is 0.166 e. The molecule has 0 heterocycles. The summed E-state index contributed by atoms with van der Waals surface area (Å²) >= 11 is 3.57. The van der Waals surface area contributed by atoms with Crippen LogP contribution in [0.3, 0.4) is 0 Å². The molecule has 2 heteroatoms. The van der Waals surface area contributed by atoms with Gasteiger partial charge in [0.15, 0.2) is 5.78 Å². The van der Waals surface area contributed by atoms with Gasteiger partial charge in [0.25, 0.3) is 0 Å². The van der Waals surface area contributed by atoms with Crippen molar-refractivity contribution in [2.24, 2.45) is 17.8 Å². The third-order valence-electron chi connectivity index (χ3n) is 4.75. The number of carbonyl (C=O) groups is 1. The molecule has 2 fully saturated rings. The van der Waals surface area contributed by atoms with Crippen LogP contribution in [-0.4, -0.2) is 5.78 Å². The van der Waals surface area contributed by atoms with E-state index in [0.717, 1.165) is 45.5 Å². The lowest BCUT2D eigenvalue weighted by Gasteiger charge is -2.13. The van der Waals surface area contributed by atoms with Crippen molar-refractivity contribution >= 4 is 32.5 Å². The Morgan fingerprint density at radius 2 is 1.63 bits per heavy atom. The molecule has 2 atom stereocenters. The van der Waals surface area contributed by atoms with E-state index < -0.39 is 0 Å². The molecular weight excluding hydrogens is 300 g/mol. The normalized spacial score (nSPS) is 28.4. The Morgan fingerprint density at radius 3 is 2.37 bits per heavy atom. The number of halogens is 1. The molecule has 19 heavy (non-hydrogen) atoms. The maximum absolute atomic E-state index is 12.7. The Labute approximate surface area is 121 Å². The number of hydrogen-bond donors (Lipinski definition) is 0. The van der Waals surface area contributed by atoms with E-state index in [2.05, 4.69) is 28.1 Å². The monoisotopic (exact) mass is 314 g/mol. The van der Waals surface area contributed by atoms with Crippen molar-refractivity contribution in [3.05, 3.63) is 46.4 Å². The summed E-state index contributed by atoms with van der Waals surface area (Å²) in [7, 11) is 0. The molecule has 2 aliphatic carbocycles. The van der Waals surface area contributed by atoms with Gasteiger partial charge in [0.2, 0.25) is 0 Å². The van der Waals surface area contributed by atoms with Crippen LogP contribution in [0, 0.1) is 17.8 Å². The SMILES string of the molecule is O=C(c1ccc(Br)c2ccccc12)C1CC2CC2C1. The van der Waals surface area contributed by atoms with Crippen LogP contribution in [0.1, 0.15) is 29.6 Å². The highest BCUT2D eigenvalue weighted by Gasteiger charge is 2.48. The Kier molecular flexibility index (Phi) is 2.56. The third kappa shape index (κ3) is 1.85. The fraction of sp³-hybridized carbons (Fsp3) is 0.353. The summed E-state index contributed by atoms with van der Waals surface area (Å²) < 4.78 is 1.06. The topological polar surface area (TPSA) is 17.1 Å². The largest absolute Gasteiger partial charge is 0.294 e. The van der Waals surface area contributed by atoms with Crippen molar-refractivity contribution in [1.29, 1.82) is 0 Å². The van der Waals surface area contributed by atoms with E-state index in [0.29, 0.717) is 5.78 Å². The van der Waals surface area contributed by atoms with Gasteiger partial charge in [-0.1, -0.05) is 40.2 Å². The lowest BCUT2D eigenvalue weighted by molar-refractivity contribution is 0.0916. The summed E-state index contributed by atoms with van der Waals surface area (Å²) in [5.74, 6) is 2.34. The lowest BCUT2D eigenvalue weighted by atomic mass is 9.90. The standard InChI is InChI=1S/C17H15BrO/c18-16-6-5-15(13-3-1-2-4-14(13)16)17(19)12-8-10-7-11(10)9-12/h1-6,10-12H,7-9H2. The molecule has 4 rings (SSSR count). The maximum Gasteiger partial charge on any atom is 0.166 e. The van der Waals surface area contributed by atoms with E-state index in [9.17, 15) is 4.79 Å². The second-order valence-corrected chi connectivity index (χ2v) is 6.78. The van der Waals surface area contributed by atoms with Gasteiger partial charge in [0.05, 0.1) is 0 Å². The van der Waals surface area contributed by atoms with Crippen LogP contribution in [0.5, 0.6) is 0 Å². The molecule has 0 saturated heterocycles. The van der Waals surface area contributed by atoms with Gasteiger partial charge in [0, 0.05) is 16.0 Å². The average Bonchev–Trinajstić information content (AvgIpc) is 3.05. The molecule has 0 amide bonds. The number of rotatable bonds is 2. The van der Waals surface area contributed by atoms with E-state index in [-0.39, 0.29) is 5.92 Å². The Hall–Kier alpha value is -1.15. The average molecular weight is 315 g/mol. The molecule has 0 aromatic heterocycles. The van der Waals surface area contributed by atoms with Gasteiger partial charge >= 0.3 is 0 Å². The van der Waals surface area contributed by atoms with Crippen LogP contribution >= 0.6 is 15.9 Å². The number of carbonyl (C=O) groups excluding carboxylic acids is 1. The number of Topliss-reactive ketones (excluding diaryl/α,β-unsaturated/α-hetero) is 1. The molecule has 0 spiro atoms. The van der Waals surface area contributed by atoms with Crippen LogP contribution in [0.4, 0.5) is 0 Å². The minimum Gasteiger partial charge on any atom is -0.294 e. The Morgan fingerprint density at radius 1 is 0.947 bits per heavy atom. The van der Waals surface area contributed by atoms with Crippen LogP contribution in [-0.2, 0) is 0 Å². The zero-order valence-electron chi connectivity index (χ0n) is 10.6. The number of hydrogen-bond acceptors (Lipinski definition) is 1. The predicted octanol–water partition coefficient (Wildman–Crippen LogP) is 4.83. The van der Waals surface area contributed by atoms with E-state index in [1.54, 1.807) is 0 Å². The minimum atomic E-state index is 0.272. The minimum absolute atomic E-state index is 0.272. The fourth-order valence-corrected chi connectivity index (χ4v) is 4.10. The quantitative estimate of drug-likeness (QED) is 0.725. The van der Waals surface area contributed by atoms with Gasteiger partial charge in [-0.2, -0.15) is 0 Å². The van der Waals surface area contributed by atoms with Crippen molar-refractivity contribution in [2.75, 3.05) is 0 Å². The van der Waals surface area contributed by atoms with Crippen LogP contribution in [0.25, 0.3) is 10.8 Å². The zero-order valence-corrected chi connectivity index (χ0v) is 12.2. The summed E-state index contributed by atoms with van der Waals surface area (Å²) in [6.45, 7) is 0. The van der Waals surface area contributed by atoms with Gasteiger partial charge in [-0.05, 0) is 54.0 Å². The highest BCUT2D eigenvalue weighted by molar-refractivity contribution is 9.10. The molecule has 2 aromatic rings. The molecule has 2 saturated carbocycles. The molecule has 0 bridgehead atoms. The number of benzene rings is 2. The molecule has 0 radical (unpaired) electrons. The third-order valence-corrected chi connectivity index (χ3v) is 5.44. The van der Waals surface area contributed by atoms with Gasteiger partial charge in [-0.3, -0.25) is 4.79 Å². The molecule has 0 aliphatic heterocycles. The van der Waals surface area contributed by atoms with Crippen molar-refractivity contribution in [3.8, 4) is 0 Å². The first-order chi connectivity index (χ1) is 9.24. The molecule has 2 aliphatic rings. The predicted molar refractivity (Wildman–Crippen MR) is 80.3 cm³/mol. The first kappa shape index (κ1) is 11.7. The number of ketones is 1. The summed E-state index contributed by atoms with van der Waals surface area (Å²) in [6, 6.07) is 12.2. The zero-order chi connectivity index (χ0) is 13.0. The highest BCUT2D eigenvalue weighted by atomic mass is 79.9. The summed E-state index contributed by atoms with van der Waals surface area (Å²) in [5.41, 5.74) is 0.908. The summed E-state index contributed by atoms with van der Waals surface area (Å²) in [6.07, 6.45) is 3.60. The highest BCUT2D eigenvalue weighted by Crippen LogP contribution is 2.55. The van der Waals surface area contributed by atoms with Crippen molar-refractivity contribution in [2.45, 2.75) is 19.3 Å². The maximum atomic E-state index is 12.7. The first-order valence-corrected chi connectivity index (χ1v) is 7.75. The molecule has 2 unspecified atom stereocenters. The van der Waals surface area contributed by atoms with Gasteiger partial charge in [-0.25, -0.2) is 0 Å². The van der Waals surface area contributed by atoms with E-state index in [4.69, 9.17) is 0 Å². The number of fused-ring (bicyclic) bond motifs is 2. The summed E-state index contributed by atoms with van der Waals surface area (Å²) in [5, 5.41) is 2.22. The second-order valence-electron chi connectivity index (χ2n) is 5.93. The van der Waals surface area contributed by atoms with Gasteiger partial charge < -0.3 is 0 Å². The van der Waals surface area contributed by atoms with E-state index in [1.807, 2.05) is 24.3 Å². The van der Waals surface area contributed by atoms with Crippen molar-refractivity contribution in [1.82, 2.24) is 0 Å². The summed E-state index contributed by atoms with van der Waals surface area (Å²) in [4.78, 5) is 12.7. The van der Waals surface area contributed by atoms with Crippen LogP contribution in [0.15, 0.2) is 40.9 Å². The van der Waals surface area contributed by atoms with Gasteiger partial charge in [-0.15, -0.1) is 0 Å². The Balaban J connectivity index is 1.78. The lowest BCUT2D eigenvalue weighted by Crippen LogP contribution is -2.13. The molecular formula is C17H15BrO. The second kappa shape index (κ2) is 4.17. The van der Waals surface area contributed by atoms with Crippen LogP contribution in [0.2, 0.25) is 0 Å². The molecule has 2 aromatic carbocycles.